The van der Waals surface area contributed by atoms with Crippen molar-refractivity contribution in [2.24, 2.45) is 0 Å². The van der Waals surface area contributed by atoms with Gasteiger partial charge in [0.2, 0.25) is 0 Å². The van der Waals surface area contributed by atoms with Gasteiger partial charge in [-0.2, -0.15) is 0 Å². The fourth-order valence-electron chi connectivity index (χ4n) is 1.60. The van der Waals surface area contributed by atoms with Crippen molar-refractivity contribution in [3.8, 4) is 0 Å². The number of nitrogen functional groups attached to an aromatic ring is 1. The Bertz CT molecular complexity index is 592. The molecule has 0 heterocycles. The average molecular weight is 364 g/mol. The zero-order valence-corrected chi connectivity index (χ0v) is 13.0. The molecule has 0 aliphatic rings. The monoisotopic (exact) mass is 362 g/mol. The molecule has 100 valence electrons. The Morgan fingerprint density at radius 1 is 1.11 bits per heavy atom. The van der Waals surface area contributed by atoms with Gasteiger partial charge in [0.1, 0.15) is 5.82 Å². The molecule has 6 heteroatoms. The molecule has 19 heavy (non-hydrogen) atoms. The van der Waals surface area contributed by atoms with Gasteiger partial charge in [0.05, 0.1) is 25.9 Å². The fraction of sp³-hybridized carbons (Fsp3) is 0.0769. The quantitative estimate of drug-likeness (QED) is 0.688. The van der Waals surface area contributed by atoms with E-state index in [-0.39, 0.29) is 5.82 Å². The zero-order valence-electron chi connectivity index (χ0n) is 9.90. The Morgan fingerprint density at radius 2 is 1.74 bits per heavy atom. The Kier molecular flexibility index (Phi) is 4.23. The lowest BCUT2D eigenvalue weighted by Gasteiger charge is -2.13. The average Bonchev–Trinajstić information content (AvgIpc) is 2.32. The molecule has 0 radical (unpaired) electrons. The highest BCUT2D eigenvalue weighted by atomic mass is 79.9. The summed E-state index contributed by atoms with van der Waals surface area (Å²) in [6.07, 6.45) is 0. The molecule has 0 atom stereocenters. The predicted octanol–water partition coefficient (Wildman–Crippen LogP) is 5.53. The number of benzene rings is 2. The van der Waals surface area contributed by atoms with E-state index in [0.717, 1.165) is 11.3 Å². The number of hydrogen-bond acceptors (Lipinski definition) is 2. The van der Waals surface area contributed by atoms with E-state index in [1.807, 2.05) is 0 Å². The van der Waals surface area contributed by atoms with E-state index in [2.05, 4.69) is 21.2 Å². The van der Waals surface area contributed by atoms with Crippen molar-refractivity contribution in [3.63, 3.8) is 0 Å². The molecule has 3 N–H and O–H groups in total. The van der Waals surface area contributed by atoms with E-state index in [4.69, 9.17) is 28.9 Å². The standard InChI is InChI=1S/C13H10BrCl2FN2/c1-6-2-10(17)7(14)3-12(6)19-13-5-9(16)8(15)4-11(13)18/h2-5,19H,18H2,1H3. The van der Waals surface area contributed by atoms with E-state index in [9.17, 15) is 4.39 Å². The van der Waals surface area contributed by atoms with Gasteiger partial charge >= 0.3 is 0 Å². The molecule has 0 saturated carbocycles. The van der Waals surface area contributed by atoms with E-state index in [1.165, 1.54) is 6.07 Å². The Labute approximate surface area is 128 Å². The smallest absolute Gasteiger partial charge is 0.137 e. The molecule has 2 nitrogen and oxygen atoms in total. The zero-order chi connectivity index (χ0) is 14.2. The normalized spacial score (nSPS) is 10.6. The second-order valence-corrected chi connectivity index (χ2v) is 5.73. The van der Waals surface area contributed by atoms with Crippen LogP contribution in [-0.2, 0) is 0 Å². The van der Waals surface area contributed by atoms with E-state index in [1.54, 1.807) is 25.1 Å². The third-order valence-corrected chi connectivity index (χ3v) is 3.96. The molecule has 0 spiro atoms. The molecule has 0 saturated heterocycles. The minimum absolute atomic E-state index is 0.315. The van der Waals surface area contributed by atoms with E-state index >= 15 is 0 Å². The van der Waals surface area contributed by atoms with Crippen LogP contribution in [0.15, 0.2) is 28.7 Å². The Hall–Kier alpha value is -0.970. The second-order valence-electron chi connectivity index (χ2n) is 4.06. The van der Waals surface area contributed by atoms with Crippen molar-refractivity contribution in [1.29, 1.82) is 0 Å². The lowest BCUT2D eigenvalue weighted by atomic mass is 10.2. The van der Waals surface area contributed by atoms with Gasteiger partial charge in [0, 0.05) is 5.69 Å². The summed E-state index contributed by atoms with van der Waals surface area (Å²) in [5.41, 5.74) is 8.44. The van der Waals surface area contributed by atoms with Crippen LogP contribution >= 0.6 is 39.1 Å². The van der Waals surface area contributed by atoms with Crippen molar-refractivity contribution in [2.75, 3.05) is 11.1 Å². The Morgan fingerprint density at radius 3 is 2.42 bits per heavy atom. The molecule has 0 aliphatic carbocycles. The van der Waals surface area contributed by atoms with Crippen molar-refractivity contribution >= 4 is 56.2 Å². The third kappa shape index (κ3) is 3.14. The number of anilines is 3. The predicted molar refractivity (Wildman–Crippen MR) is 83.0 cm³/mol. The maximum Gasteiger partial charge on any atom is 0.137 e. The molecule has 0 bridgehead atoms. The van der Waals surface area contributed by atoms with Gasteiger partial charge in [-0.3, -0.25) is 0 Å². The third-order valence-electron chi connectivity index (χ3n) is 2.63. The van der Waals surface area contributed by atoms with Crippen LogP contribution in [0.1, 0.15) is 5.56 Å². The number of halogens is 4. The first-order valence-corrected chi connectivity index (χ1v) is 6.90. The first kappa shape index (κ1) is 14.4. The van der Waals surface area contributed by atoms with Crippen LogP contribution in [-0.4, -0.2) is 0 Å². The van der Waals surface area contributed by atoms with Gasteiger partial charge in [-0.1, -0.05) is 23.2 Å². The van der Waals surface area contributed by atoms with Gasteiger partial charge in [-0.05, 0) is 52.7 Å². The van der Waals surface area contributed by atoms with Gasteiger partial charge < -0.3 is 11.1 Å². The molecule has 0 aromatic heterocycles. The first-order valence-electron chi connectivity index (χ1n) is 5.35. The van der Waals surface area contributed by atoms with Crippen molar-refractivity contribution in [1.82, 2.24) is 0 Å². The molecule has 0 amide bonds. The lowest BCUT2D eigenvalue weighted by Crippen LogP contribution is -1.99. The van der Waals surface area contributed by atoms with Crippen LogP contribution in [0.4, 0.5) is 21.5 Å². The van der Waals surface area contributed by atoms with Gasteiger partial charge in [0.25, 0.3) is 0 Å². The fourth-order valence-corrected chi connectivity index (χ4v) is 2.28. The van der Waals surface area contributed by atoms with E-state index in [0.29, 0.717) is 25.9 Å². The molecule has 0 fully saturated rings. The van der Waals surface area contributed by atoms with Gasteiger partial charge in [0.15, 0.2) is 0 Å². The van der Waals surface area contributed by atoms with Crippen LogP contribution in [0.2, 0.25) is 10.0 Å². The molecule has 2 rings (SSSR count). The summed E-state index contributed by atoms with van der Waals surface area (Å²) in [5.74, 6) is -0.315. The SMILES string of the molecule is Cc1cc(F)c(Br)cc1Nc1cc(Cl)c(Cl)cc1N. The van der Waals surface area contributed by atoms with Crippen molar-refractivity contribution in [2.45, 2.75) is 6.92 Å². The first-order chi connectivity index (χ1) is 8.88. The maximum absolute atomic E-state index is 13.4. The van der Waals surface area contributed by atoms with Crippen molar-refractivity contribution < 1.29 is 4.39 Å². The highest BCUT2D eigenvalue weighted by Crippen LogP contribution is 2.34. The summed E-state index contributed by atoms with van der Waals surface area (Å²) in [5, 5.41) is 3.90. The summed E-state index contributed by atoms with van der Waals surface area (Å²) in [7, 11) is 0. The summed E-state index contributed by atoms with van der Waals surface area (Å²) in [6, 6.07) is 6.28. The summed E-state index contributed by atoms with van der Waals surface area (Å²) in [4.78, 5) is 0. The number of nitrogens with two attached hydrogens (primary N) is 1. The summed E-state index contributed by atoms with van der Waals surface area (Å²) >= 11 is 15.0. The van der Waals surface area contributed by atoms with Crippen LogP contribution in [0.5, 0.6) is 0 Å². The molecule has 0 aliphatic heterocycles. The minimum atomic E-state index is -0.315. The lowest BCUT2D eigenvalue weighted by molar-refractivity contribution is 0.620. The molecular formula is C13H10BrCl2FN2. The number of rotatable bonds is 2. The second kappa shape index (κ2) is 5.57. The van der Waals surface area contributed by atoms with Gasteiger partial charge in [-0.15, -0.1) is 0 Å². The maximum atomic E-state index is 13.4. The summed E-state index contributed by atoms with van der Waals surface area (Å²) in [6.45, 7) is 1.80. The molecule has 0 unspecified atom stereocenters. The van der Waals surface area contributed by atoms with E-state index < -0.39 is 0 Å². The van der Waals surface area contributed by atoms with Crippen LogP contribution in [0.3, 0.4) is 0 Å². The summed E-state index contributed by atoms with van der Waals surface area (Å²) < 4.78 is 13.7. The van der Waals surface area contributed by atoms with Crippen LogP contribution < -0.4 is 11.1 Å². The highest BCUT2D eigenvalue weighted by Gasteiger charge is 2.09. The largest absolute Gasteiger partial charge is 0.397 e. The van der Waals surface area contributed by atoms with Crippen molar-refractivity contribution in [3.05, 3.63) is 50.2 Å². The number of nitrogens with one attached hydrogen (secondary N) is 1. The van der Waals surface area contributed by atoms with Crippen LogP contribution in [0.25, 0.3) is 0 Å². The van der Waals surface area contributed by atoms with Gasteiger partial charge in [-0.25, -0.2) is 4.39 Å². The van der Waals surface area contributed by atoms with Crippen LogP contribution in [0, 0.1) is 12.7 Å². The minimum Gasteiger partial charge on any atom is -0.397 e. The number of hydrogen-bond donors (Lipinski definition) is 2. The Balaban J connectivity index is 2.42. The highest BCUT2D eigenvalue weighted by molar-refractivity contribution is 9.10. The molecule has 2 aromatic rings. The number of aryl methyl sites for hydroxylation is 1. The molecule has 2 aromatic carbocycles. The topological polar surface area (TPSA) is 38.0 Å². The molecular weight excluding hydrogens is 354 g/mol.